The zero-order valence-electron chi connectivity index (χ0n) is 11.0. The van der Waals surface area contributed by atoms with E-state index < -0.39 is 11.5 Å². The van der Waals surface area contributed by atoms with E-state index in [0.717, 1.165) is 12.8 Å². The Hall–Kier alpha value is -1.06. The SMILES string of the molecule is CCN(C=O)C1(C(=O)O)CCCC(C(C)C)C1. The van der Waals surface area contributed by atoms with Gasteiger partial charge in [0, 0.05) is 6.54 Å². The van der Waals surface area contributed by atoms with Crippen molar-refractivity contribution in [2.24, 2.45) is 11.8 Å². The fourth-order valence-corrected chi connectivity index (χ4v) is 2.92. The van der Waals surface area contributed by atoms with Gasteiger partial charge in [0.1, 0.15) is 5.54 Å². The molecular formula is C13H23NO3. The van der Waals surface area contributed by atoms with Crippen LogP contribution in [0.5, 0.6) is 0 Å². The number of carbonyl (C=O) groups is 2. The van der Waals surface area contributed by atoms with Gasteiger partial charge in [-0.3, -0.25) is 4.79 Å². The minimum absolute atomic E-state index is 0.397. The highest BCUT2D eigenvalue weighted by atomic mass is 16.4. The van der Waals surface area contributed by atoms with Crippen LogP contribution >= 0.6 is 0 Å². The third kappa shape index (κ3) is 2.61. The van der Waals surface area contributed by atoms with Crippen LogP contribution in [-0.2, 0) is 9.59 Å². The lowest BCUT2D eigenvalue weighted by Gasteiger charge is -2.44. The molecular weight excluding hydrogens is 218 g/mol. The summed E-state index contributed by atoms with van der Waals surface area (Å²) in [6.45, 7) is 6.54. The molecule has 2 unspecified atom stereocenters. The van der Waals surface area contributed by atoms with Crippen LogP contribution < -0.4 is 0 Å². The van der Waals surface area contributed by atoms with E-state index in [2.05, 4.69) is 13.8 Å². The van der Waals surface area contributed by atoms with E-state index in [1.54, 1.807) is 0 Å². The summed E-state index contributed by atoms with van der Waals surface area (Å²) in [7, 11) is 0. The summed E-state index contributed by atoms with van der Waals surface area (Å²) < 4.78 is 0. The zero-order chi connectivity index (χ0) is 13.1. The van der Waals surface area contributed by atoms with Gasteiger partial charge < -0.3 is 10.0 Å². The monoisotopic (exact) mass is 241 g/mol. The van der Waals surface area contributed by atoms with Crippen molar-refractivity contribution in [2.75, 3.05) is 6.54 Å². The molecule has 0 saturated heterocycles. The molecule has 2 atom stereocenters. The van der Waals surface area contributed by atoms with Gasteiger partial charge in [0.2, 0.25) is 6.41 Å². The number of hydrogen-bond donors (Lipinski definition) is 1. The van der Waals surface area contributed by atoms with Crippen LogP contribution in [-0.4, -0.2) is 34.5 Å². The molecule has 1 aliphatic rings. The van der Waals surface area contributed by atoms with Gasteiger partial charge in [-0.2, -0.15) is 0 Å². The molecule has 1 N–H and O–H groups in total. The first-order valence-corrected chi connectivity index (χ1v) is 6.43. The number of rotatable bonds is 5. The molecule has 1 saturated carbocycles. The van der Waals surface area contributed by atoms with Gasteiger partial charge in [0.15, 0.2) is 0 Å². The largest absolute Gasteiger partial charge is 0.479 e. The Balaban J connectivity index is 2.98. The molecule has 0 aliphatic heterocycles. The van der Waals surface area contributed by atoms with Crippen LogP contribution in [0.3, 0.4) is 0 Å². The predicted octanol–water partition coefficient (Wildman–Crippen LogP) is 2.13. The molecule has 1 fully saturated rings. The normalized spacial score (nSPS) is 29.1. The lowest BCUT2D eigenvalue weighted by atomic mass is 9.71. The van der Waals surface area contributed by atoms with Crippen LogP contribution in [0.4, 0.5) is 0 Å². The predicted molar refractivity (Wildman–Crippen MR) is 65.6 cm³/mol. The fraction of sp³-hybridized carbons (Fsp3) is 0.846. The Morgan fingerprint density at radius 1 is 1.59 bits per heavy atom. The van der Waals surface area contributed by atoms with E-state index >= 15 is 0 Å². The minimum atomic E-state index is -0.969. The van der Waals surface area contributed by atoms with Crippen LogP contribution in [0.15, 0.2) is 0 Å². The summed E-state index contributed by atoms with van der Waals surface area (Å²) in [5.74, 6) is 0.0185. The van der Waals surface area contributed by atoms with Crippen molar-refractivity contribution in [2.45, 2.75) is 52.0 Å². The molecule has 0 bridgehead atoms. The van der Waals surface area contributed by atoms with E-state index in [-0.39, 0.29) is 0 Å². The van der Waals surface area contributed by atoms with Crippen molar-refractivity contribution in [3.63, 3.8) is 0 Å². The van der Waals surface area contributed by atoms with Crippen molar-refractivity contribution in [3.8, 4) is 0 Å². The summed E-state index contributed by atoms with van der Waals surface area (Å²) >= 11 is 0. The summed E-state index contributed by atoms with van der Waals surface area (Å²) in [5, 5.41) is 9.52. The smallest absolute Gasteiger partial charge is 0.329 e. The van der Waals surface area contributed by atoms with Gasteiger partial charge in [-0.1, -0.05) is 20.3 Å². The number of aliphatic carboxylic acids is 1. The molecule has 0 spiro atoms. The molecule has 0 aromatic carbocycles. The first-order valence-electron chi connectivity index (χ1n) is 6.43. The Kier molecular flexibility index (Phi) is 4.54. The number of carboxylic acids is 1. The average molecular weight is 241 g/mol. The van der Waals surface area contributed by atoms with Crippen molar-refractivity contribution >= 4 is 12.4 Å². The maximum Gasteiger partial charge on any atom is 0.329 e. The Labute approximate surface area is 103 Å². The lowest BCUT2D eigenvalue weighted by molar-refractivity contribution is -0.159. The second-order valence-corrected chi connectivity index (χ2v) is 5.33. The van der Waals surface area contributed by atoms with Crippen LogP contribution in [0.2, 0.25) is 0 Å². The van der Waals surface area contributed by atoms with Crippen LogP contribution in [0, 0.1) is 11.8 Å². The summed E-state index contributed by atoms with van der Waals surface area (Å²) in [4.78, 5) is 24.1. The minimum Gasteiger partial charge on any atom is -0.479 e. The van der Waals surface area contributed by atoms with E-state index in [1.807, 2.05) is 6.92 Å². The maximum absolute atomic E-state index is 11.6. The van der Waals surface area contributed by atoms with Gasteiger partial charge in [-0.05, 0) is 38.0 Å². The van der Waals surface area contributed by atoms with Gasteiger partial charge in [0.05, 0.1) is 0 Å². The molecule has 0 aromatic rings. The molecule has 4 heteroatoms. The van der Waals surface area contributed by atoms with E-state index in [0.29, 0.717) is 37.6 Å². The molecule has 0 heterocycles. The number of likely N-dealkylation sites (N-methyl/N-ethyl adjacent to an activating group) is 1. The summed E-state index contributed by atoms with van der Waals surface area (Å²) in [6.07, 6.45) is 3.82. The highest BCUT2D eigenvalue weighted by molar-refractivity contribution is 5.81. The maximum atomic E-state index is 11.6. The second-order valence-electron chi connectivity index (χ2n) is 5.33. The molecule has 0 radical (unpaired) electrons. The van der Waals surface area contributed by atoms with E-state index in [9.17, 15) is 14.7 Å². The van der Waals surface area contributed by atoms with E-state index in [4.69, 9.17) is 0 Å². The van der Waals surface area contributed by atoms with Gasteiger partial charge in [-0.15, -0.1) is 0 Å². The third-order valence-corrected chi connectivity index (χ3v) is 4.12. The van der Waals surface area contributed by atoms with Gasteiger partial charge in [0.25, 0.3) is 0 Å². The molecule has 1 aliphatic carbocycles. The molecule has 17 heavy (non-hydrogen) atoms. The molecule has 1 amide bonds. The van der Waals surface area contributed by atoms with Crippen LogP contribution in [0.25, 0.3) is 0 Å². The number of carbonyl (C=O) groups excluding carboxylic acids is 1. The van der Waals surface area contributed by atoms with Crippen molar-refractivity contribution in [1.82, 2.24) is 4.90 Å². The Morgan fingerprint density at radius 2 is 2.24 bits per heavy atom. The van der Waals surface area contributed by atoms with Crippen molar-refractivity contribution in [3.05, 3.63) is 0 Å². The summed E-state index contributed by atoms with van der Waals surface area (Å²) in [5.41, 5.74) is -0.969. The first-order chi connectivity index (χ1) is 7.97. The standard InChI is InChI=1S/C13H23NO3/c1-4-14(9-15)13(12(16)17)7-5-6-11(8-13)10(2)3/h9-11H,4-8H2,1-3H3,(H,16,17). The van der Waals surface area contributed by atoms with Gasteiger partial charge in [-0.25, -0.2) is 4.79 Å². The number of carboxylic acid groups (broad SMARTS) is 1. The molecule has 98 valence electrons. The molecule has 1 rings (SSSR count). The highest BCUT2D eigenvalue weighted by Crippen LogP contribution is 2.39. The van der Waals surface area contributed by atoms with Crippen LogP contribution in [0.1, 0.15) is 46.5 Å². The summed E-state index contributed by atoms with van der Waals surface area (Å²) in [6, 6.07) is 0. The number of nitrogens with zero attached hydrogens (tertiary/aromatic N) is 1. The average Bonchev–Trinajstić information content (AvgIpc) is 2.30. The molecule has 0 aromatic heterocycles. The Morgan fingerprint density at radius 3 is 2.65 bits per heavy atom. The molecule has 4 nitrogen and oxygen atoms in total. The van der Waals surface area contributed by atoms with Crippen molar-refractivity contribution < 1.29 is 14.7 Å². The lowest BCUT2D eigenvalue weighted by Crippen LogP contribution is -2.57. The highest BCUT2D eigenvalue weighted by Gasteiger charge is 2.47. The quantitative estimate of drug-likeness (QED) is 0.750. The first kappa shape index (κ1) is 14.0. The Bertz CT molecular complexity index is 290. The second kappa shape index (κ2) is 5.52. The third-order valence-electron chi connectivity index (χ3n) is 4.12. The topological polar surface area (TPSA) is 57.6 Å². The van der Waals surface area contributed by atoms with Crippen molar-refractivity contribution in [1.29, 1.82) is 0 Å². The van der Waals surface area contributed by atoms with Gasteiger partial charge >= 0.3 is 5.97 Å². The zero-order valence-corrected chi connectivity index (χ0v) is 11.0. The van der Waals surface area contributed by atoms with E-state index in [1.165, 1.54) is 4.90 Å². The number of hydrogen-bond acceptors (Lipinski definition) is 2. The fourth-order valence-electron chi connectivity index (χ4n) is 2.92. The number of amides is 1.